The van der Waals surface area contributed by atoms with Crippen molar-refractivity contribution in [3.8, 4) is 0 Å². The molecule has 1 saturated heterocycles. The molecule has 13 heavy (non-hydrogen) atoms. The molecule has 1 aliphatic rings. The second-order valence-electron chi connectivity index (χ2n) is 4.73. The van der Waals surface area contributed by atoms with Crippen molar-refractivity contribution in [3.63, 3.8) is 0 Å². The lowest BCUT2D eigenvalue weighted by Crippen LogP contribution is -2.52. The fourth-order valence-corrected chi connectivity index (χ4v) is 1.75. The van der Waals surface area contributed by atoms with Crippen LogP contribution >= 0.6 is 0 Å². The second kappa shape index (κ2) is 3.29. The van der Waals surface area contributed by atoms with Crippen molar-refractivity contribution in [2.75, 3.05) is 6.54 Å². The molecule has 3 heteroatoms. The van der Waals surface area contributed by atoms with Gasteiger partial charge in [-0.1, -0.05) is 6.92 Å². The zero-order chi connectivity index (χ0) is 10.2. The fraction of sp³-hybridized carbons (Fsp3) is 0.900. The first-order valence-electron chi connectivity index (χ1n) is 4.94. The molecule has 76 valence electrons. The van der Waals surface area contributed by atoms with Crippen LogP contribution < -0.4 is 5.73 Å². The van der Waals surface area contributed by atoms with Gasteiger partial charge in [-0.25, -0.2) is 0 Å². The van der Waals surface area contributed by atoms with E-state index in [2.05, 4.69) is 13.8 Å². The molecule has 0 saturated carbocycles. The van der Waals surface area contributed by atoms with Gasteiger partial charge in [-0.15, -0.1) is 0 Å². The molecule has 2 atom stereocenters. The zero-order valence-corrected chi connectivity index (χ0v) is 9.00. The van der Waals surface area contributed by atoms with Crippen LogP contribution in [0.5, 0.6) is 0 Å². The molecule has 0 aromatic carbocycles. The van der Waals surface area contributed by atoms with Gasteiger partial charge in [-0.05, 0) is 33.1 Å². The molecule has 2 unspecified atom stereocenters. The number of likely N-dealkylation sites (tertiary alicyclic amines) is 1. The quantitative estimate of drug-likeness (QED) is 0.660. The van der Waals surface area contributed by atoms with Crippen LogP contribution in [0.1, 0.15) is 34.1 Å². The van der Waals surface area contributed by atoms with Crippen molar-refractivity contribution in [1.29, 1.82) is 0 Å². The Bertz CT molecular complexity index is 207. The van der Waals surface area contributed by atoms with E-state index < -0.39 is 5.54 Å². The lowest BCUT2D eigenvalue weighted by molar-refractivity contribution is -0.136. The molecule has 0 aromatic rings. The molecular formula is C10H20N2O. The van der Waals surface area contributed by atoms with Gasteiger partial charge in [0.05, 0.1) is 5.54 Å². The number of carbonyl (C=O) groups excluding carboxylic acids is 1. The van der Waals surface area contributed by atoms with Gasteiger partial charge in [0.1, 0.15) is 0 Å². The Kier molecular flexibility index (Phi) is 2.66. The normalized spacial score (nSPS) is 29.5. The average molecular weight is 184 g/mol. The molecule has 1 rings (SSSR count). The molecule has 0 spiro atoms. The highest BCUT2D eigenvalue weighted by atomic mass is 16.2. The Morgan fingerprint density at radius 1 is 1.46 bits per heavy atom. The maximum atomic E-state index is 11.8. The summed E-state index contributed by atoms with van der Waals surface area (Å²) >= 11 is 0. The summed E-state index contributed by atoms with van der Waals surface area (Å²) in [7, 11) is 0. The highest BCUT2D eigenvalue weighted by Crippen LogP contribution is 2.25. The molecule has 0 radical (unpaired) electrons. The Balaban J connectivity index is 2.69. The van der Waals surface area contributed by atoms with Crippen LogP contribution in [0.4, 0.5) is 0 Å². The third kappa shape index (κ3) is 2.02. The van der Waals surface area contributed by atoms with E-state index in [1.54, 1.807) is 13.8 Å². The molecular weight excluding hydrogens is 164 g/mol. The number of rotatable bonds is 1. The van der Waals surface area contributed by atoms with Crippen LogP contribution in [0.15, 0.2) is 0 Å². The summed E-state index contributed by atoms with van der Waals surface area (Å²) in [5, 5.41) is 0. The Hall–Kier alpha value is -0.570. The van der Waals surface area contributed by atoms with Gasteiger partial charge in [0, 0.05) is 12.6 Å². The summed E-state index contributed by atoms with van der Waals surface area (Å²) in [4.78, 5) is 13.7. The number of hydrogen-bond donors (Lipinski definition) is 1. The highest BCUT2D eigenvalue weighted by Gasteiger charge is 2.36. The van der Waals surface area contributed by atoms with Crippen molar-refractivity contribution in [2.45, 2.75) is 45.7 Å². The summed E-state index contributed by atoms with van der Waals surface area (Å²) in [6.45, 7) is 8.68. The molecule has 0 aliphatic carbocycles. The van der Waals surface area contributed by atoms with E-state index in [-0.39, 0.29) is 5.91 Å². The third-order valence-electron chi connectivity index (χ3n) is 2.95. The first kappa shape index (κ1) is 10.5. The van der Waals surface area contributed by atoms with Gasteiger partial charge in [-0.2, -0.15) is 0 Å². The maximum absolute atomic E-state index is 11.8. The van der Waals surface area contributed by atoms with E-state index in [0.717, 1.165) is 13.0 Å². The predicted molar refractivity (Wildman–Crippen MR) is 53.2 cm³/mol. The van der Waals surface area contributed by atoms with E-state index in [1.165, 1.54) is 0 Å². The van der Waals surface area contributed by atoms with Gasteiger partial charge in [0.15, 0.2) is 0 Å². The maximum Gasteiger partial charge on any atom is 0.242 e. The van der Waals surface area contributed by atoms with Crippen LogP contribution in [0.2, 0.25) is 0 Å². The number of hydrogen-bond acceptors (Lipinski definition) is 2. The minimum absolute atomic E-state index is 0.0735. The summed E-state index contributed by atoms with van der Waals surface area (Å²) in [6.07, 6.45) is 1.10. The highest BCUT2D eigenvalue weighted by molar-refractivity contribution is 5.85. The van der Waals surface area contributed by atoms with Crippen LogP contribution in [-0.2, 0) is 4.79 Å². The van der Waals surface area contributed by atoms with Crippen LogP contribution in [0.25, 0.3) is 0 Å². The topological polar surface area (TPSA) is 46.3 Å². The zero-order valence-electron chi connectivity index (χ0n) is 9.00. The molecule has 2 N–H and O–H groups in total. The summed E-state index contributed by atoms with van der Waals surface area (Å²) < 4.78 is 0. The van der Waals surface area contributed by atoms with E-state index >= 15 is 0 Å². The predicted octanol–water partition coefficient (Wildman–Crippen LogP) is 0.981. The van der Waals surface area contributed by atoms with Gasteiger partial charge in [0.2, 0.25) is 5.91 Å². The number of amides is 1. The molecule has 0 bridgehead atoms. The minimum atomic E-state index is -0.724. The number of nitrogens with two attached hydrogens (primary N) is 1. The van der Waals surface area contributed by atoms with Gasteiger partial charge in [-0.3, -0.25) is 4.79 Å². The average Bonchev–Trinajstić information content (AvgIpc) is 2.30. The van der Waals surface area contributed by atoms with Gasteiger partial charge in [0.25, 0.3) is 0 Å². The molecule has 3 nitrogen and oxygen atoms in total. The molecule has 1 amide bonds. The van der Waals surface area contributed by atoms with E-state index in [4.69, 9.17) is 5.73 Å². The standard InChI is InChI=1S/C10H20N2O/c1-7-5-6-12(8(7)2)9(13)10(3,4)11/h7-8H,5-6,11H2,1-4H3. The minimum Gasteiger partial charge on any atom is -0.338 e. The monoisotopic (exact) mass is 184 g/mol. The fourth-order valence-electron chi connectivity index (χ4n) is 1.75. The number of nitrogens with zero attached hydrogens (tertiary/aromatic N) is 1. The Labute approximate surface area is 80.3 Å². The van der Waals surface area contributed by atoms with Crippen molar-refractivity contribution in [1.82, 2.24) is 4.90 Å². The second-order valence-corrected chi connectivity index (χ2v) is 4.73. The van der Waals surface area contributed by atoms with Crippen molar-refractivity contribution in [3.05, 3.63) is 0 Å². The molecule has 0 aromatic heterocycles. The van der Waals surface area contributed by atoms with Gasteiger partial charge >= 0.3 is 0 Å². The first-order valence-corrected chi connectivity index (χ1v) is 4.94. The lowest BCUT2D eigenvalue weighted by atomic mass is 10.0. The summed E-state index contributed by atoms with van der Waals surface area (Å²) in [5.74, 6) is 0.677. The van der Waals surface area contributed by atoms with Crippen molar-refractivity contribution >= 4 is 5.91 Å². The number of carbonyl (C=O) groups is 1. The summed E-state index contributed by atoms with van der Waals surface area (Å²) in [5.41, 5.74) is 5.05. The van der Waals surface area contributed by atoms with Crippen LogP contribution in [0, 0.1) is 5.92 Å². The largest absolute Gasteiger partial charge is 0.338 e. The molecule has 1 fully saturated rings. The van der Waals surface area contributed by atoms with Gasteiger partial charge < -0.3 is 10.6 Å². The van der Waals surface area contributed by atoms with E-state index in [1.807, 2.05) is 4.90 Å². The Morgan fingerprint density at radius 3 is 2.31 bits per heavy atom. The van der Waals surface area contributed by atoms with E-state index in [9.17, 15) is 4.79 Å². The Morgan fingerprint density at radius 2 is 2.00 bits per heavy atom. The van der Waals surface area contributed by atoms with Crippen LogP contribution in [0.3, 0.4) is 0 Å². The first-order chi connectivity index (χ1) is 5.84. The van der Waals surface area contributed by atoms with Crippen molar-refractivity contribution < 1.29 is 4.79 Å². The summed E-state index contributed by atoms with van der Waals surface area (Å²) in [6, 6.07) is 0.343. The van der Waals surface area contributed by atoms with Crippen molar-refractivity contribution in [2.24, 2.45) is 11.7 Å². The SMILES string of the molecule is CC1CCN(C(=O)C(C)(C)N)C1C. The molecule has 1 heterocycles. The smallest absolute Gasteiger partial charge is 0.242 e. The van der Waals surface area contributed by atoms with Crippen LogP contribution in [-0.4, -0.2) is 28.9 Å². The molecule has 1 aliphatic heterocycles. The van der Waals surface area contributed by atoms with E-state index in [0.29, 0.717) is 12.0 Å². The lowest BCUT2D eigenvalue weighted by Gasteiger charge is -2.29. The third-order valence-corrected chi connectivity index (χ3v) is 2.95.